The number of benzene rings is 1. The van der Waals surface area contributed by atoms with Crippen LogP contribution < -0.4 is 5.46 Å². The number of rotatable bonds is 6. The lowest BCUT2D eigenvalue weighted by atomic mass is 9.77. The van der Waals surface area contributed by atoms with Gasteiger partial charge in [0.25, 0.3) is 0 Å². The SMILES string of the molecule is CN(CCc1cccs1)Cc1ccccc1B(O)O. The smallest absolute Gasteiger partial charge is 0.423 e. The molecule has 0 spiro atoms. The van der Waals surface area contributed by atoms with E-state index in [1.807, 2.05) is 25.2 Å². The molecule has 19 heavy (non-hydrogen) atoms. The van der Waals surface area contributed by atoms with Gasteiger partial charge in [0.2, 0.25) is 0 Å². The molecule has 2 N–H and O–H groups in total. The zero-order chi connectivity index (χ0) is 13.7. The Bertz CT molecular complexity index is 502. The molecule has 100 valence electrons. The Hall–Kier alpha value is -1.14. The lowest BCUT2D eigenvalue weighted by molar-refractivity contribution is 0.332. The van der Waals surface area contributed by atoms with Gasteiger partial charge in [-0.05, 0) is 35.9 Å². The summed E-state index contributed by atoms with van der Waals surface area (Å²) in [5, 5.41) is 20.8. The van der Waals surface area contributed by atoms with Gasteiger partial charge in [-0.3, -0.25) is 0 Å². The first-order valence-corrected chi connectivity index (χ1v) is 7.19. The molecule has 2 aromatic rings. The minimum Gasteiger partial charge on any atom is -0.423 e. The molecule has 0 bridgehead atoms. The first-order valence-electron chi connectivity index (χ1n) is 6.31. The largest absolute Gasteiger partial charge is 0.488 e. The summed E-state index contributed by atoms with van der Waals surface area (Å²) in [5.41, 5.74) is 1.55. The molecule has 5 heteroatoms. The van der Waals surface area contributed by atoms with E-state index in [2.05, 4.69) is 22.4 Å². The molecule has 0 aliphatic heterocycles. The van der Waals surface area contributed by atoms with Crippen LogP contribution in [0.15, 0.2) is 41.8 Å². The number of hydrogen-bond acceptors (Lipinski definition) is 4. The van der Waals surface area contributed by atoms with Gasteiger partial charge < -0.3 is 14.9 Å². The van der Waals surface area contributed by atoms with Crippen molar-refractivity contribution >= 4 is 23.9 Å². The predicted molar refractivity (Wildman–Crippen MR) is 80.6 cm³/mol. The van der Waals surface area contributed by atoms with Crippen molar-refractivity contribution < 1.29 is 10.0 Å². The predicted octanol–water partition coefficient (Wildman–Crippen LogP) is 1.10. The molecule has 0 radical (unpaired) electrons. The molecule has 0 atom stereocenters. The molecule has 1 heterocycles. The summed E-state index contributed by atoms with van der Waals surface area (Å²) >= 11 is 1.77. The molecule has 0 aliphatic rings. The molecule has 3 nitrogen and oxygen atoms in total. The molecule has 1 aromatic carbocycles. The Balaban J connectivity index is 1.93. The Labute approximate surface area is 118 Å². The van der Waals surface area contributed by atoms with Crippen molar-refractivity contribution in [1.82, 2.24) is 4.90 Å². The average Bonchev–Trinajstić information content (AvgIpc) is 2.90. The topological polar surface area (TPSA) is 43.7 Å². The molecule has 0 unspecified atom stereocenters. The van der Waals surface area contributed by atoms with Gasteiger partial charge >= 0.3 is 7.12 Å². The van der Waals surface area contributed by atoms with Crippen molar-refractivity contribution in [2.45, 2.75) is 13.0 Å². The maximum atomic E-state index is 9.34. The van der Waals surface area contributed by atoms with E-state index in [1.165, 1.54) is 4.88 Å². The standard InChI is InChI=1S/C14H18BNO2S/c1-16(9-8-13-6-4-10-19-13)11-12-5-2-3-7-14(12)15(17)18/h2-7,10,17-18H,8-9,11H2,1H3. The van der Waals surface area contributed by atoms with Crippen LogP contribution in [0.2, 0.25) is 0 Å². The number of hydrogen-bond donors (Lipinski definition) is 2. The second kappa shape index (κ2) is 6.87. The second-order valence-electron chi connectivity index (χ2n) is 4.64. The van der Waals surface area contributed by atoms with E-state index in [0.717, 1.165) is 25.1 Å². The Morgan fingerprint density at radius 2 is 1.95 bits per heavy atom. The molecule has 1 aromatic heterocycles. The van der Waals surface area contributed by atoms with Crippen LogP contribution in [0.4, 0.5) is 0 Å². The minimum atomic E-state index is -1.40. The summed E-state index contributed by atoms with van der Waals surface area (Å²) < 4.78 is 0. The fourth-order valence-corrected chi connectivity index (χ4v) is 2.75. The van der Waals surface area contributed by atoms with Crippen molar-refractivity contribution in [1.29, 1.82) is 0 Å². The van der Waals surface area contributed by atoms with Crippen LogP contribution in [0.25, 0.3) is 0 Å². The van der Waals surface area contributed by atoms with E-state index >= 15 is 0 Å². The Morgan fingerprint density at radius 3 is 2.63 bits per heavy atom. The van der Waals surface area contributed by atoms with E-state index in [-0.39, 0.29) is 0 Å². The highest BCUT2D eigenvalue weighted by Gasteiger charge is 2.15. The summed E-state index contributed by atoms with van der Waals surface area (Å²) in [6.45, 7) is 1.68. The normalized spacial score (nSPS) is 10.9. The first-order chi connectivity index (χ1) is 9.16. The van der Waals surface area contributed by atoms with Crippen molar-refractivity contribution in [2.75, 3.05) is 13.6 Å². The van der Waals surface area contributed by atoms with Crippen LogP contribution in [0.3, 0.4) is 0 Å². The van der Waals surface area contributed by atoms with Gasteiger partial charge in [-0.1, -0.05) is 30.3 Å². The zero-order valence-corrected chi connectivity index (χ0v) is 11.8. The summed E-state index contributed by atoms with van der Waals surface area (Å²) in [6.07, 6.45) is 1.03. The Morgan fingerprint density at radius 1 is 1.16 bits per heavy atom. The molecular weight excluding hydrogens is 257 g/mol. The van der Waals surface area contributed by atoms with Gasteiger partial charge in [0, 0.05) is 18.0 Å². The molecule has 0 fully saturated rings. The summed E-state index contributed by atoms with van der Waals surface area (Å²) in [5.74, 6) is 0. The van der Waals surface area contributed by atoms with Gasteiger partial charge in [0.15, 0.2) is 0 Å². The highest BCUT2D eigenvalue weighted by Crippen LogP contribution is 2.10. The van der Waals surface area contributed by atoms with E-state index < -0.39 is 7.12 Å². The van der Waals surface area contributed by atoms with E-state index in [9.17, 15) is 10.0 Å². The zero-order valence-electron chi connectivity index (χ0n) is 11.0. The van der Waals surface area contributed by atoms with Crippen molar-refractivity contribution in [3.63, 3.8) is 0 Å². The van der Waals surface area contributed by atoms with Gasteiger partial charge in [-0.25, -0.2) is 0 Å². The third-order valence-corrected chi connectivity index (χ3v) is 4.03. The van der Waals surface area contributed by atoms with Crippen LogP contribution >= 0.6 is 11.3 Å². The monoisotopic (exact) mass is 275 g/mol. The van der Waals surface area contributed by atoms with E-state index in [4.69, 9.17) is 0 Å². The van der Waals surface area contributed by atoms with Crippen molar-refractivity contribution in [2.24, 2.45) is 0 Å². The molecular formula is C14H18BNO2S. The van der Waals surface area contributed by atoms with Crippen LogP contribution in [0.5, 0.6) is 0 Å². The van der Waals surface area contributed by atoms with Crippen molar-refractivity contribution in [3.05, 3.63) is 52.2 Å². The third kappa shape index (κ3) is 4.18. The Kier molecular flexibility index (Phi) is 5.16. The average molecular weight is 275 g/mol. The summed E-state index contributed by atoms with van der Waals surface area (Å²) in [6, 6.07) is 11.7. The highest BCUT2D eigenvalue weighted by molar-refractivity contribution is 7.09. The van der Waals surface area contributed by atoms with Gasteiger partial charge in [-0.15, -0.1) is 11.3 Å². The summed E-state index contributed by atoms with van der Waals surface area (Å²) in [7, 11) is 0.649. The fourth-order valence-electron chi connectivity index (χ4n) is 2.06. The van der Waals surface area contributed by atoms with E-state index in [0.29, 0.717) is 5.46 Å². The van der Waals surface area contributed by atoms with E-state index in [1.54, 1.807) is 17.4 Å². The van der Waals surface area contributed by atoms with Gasteiger partial charge in [0.1, 0.15) is 0 Å². The maximum Gasteiger partial charge on any atom is 0.488 e. The number of thiophene rings is 1. The van der Waals surface area contributed by atoms with Crippen LogP contribution in [0, 0.1) is 0 Å². The quantitative estimate of drug-likeness (QED) is 0.776. The molecule has 0 aliphatic carbocycles. The van der Waals surface area contributed by atoms with Crippen LogP contribution in [-0.4, -0.2) is 35.7 Å². The molecule has 0 saturated carbocycles. The third-order valence-electron chi connectivity index (χ3n) is 3.09. The van der Waals surface area contributed by atoms with Gasteiger partial charge in [0.05, 0.1) is 0 Å². The summed E-state index contributed by atoms with van der Waals surface area (Å²) in [4.78, 5) is 3.57. The molecule has 0 saturated heterocycles. The number of likely N-dealkylation sites (N-methyl/N-ethyl adjacent to an activating group) is 1. The highest BCUT2D eigenvalue weighted by atomic mass is 32.1. The minimum absolute atomic E-state index is 0.588. The van der Waals surface area contributed by atoms with Crippen molar-refractivity contribution in [3.8, 4) is 0 Å². The maximum absolute atomic E-state index is 9.34. The fraction of sp³-hybridized carbons (Fsp3) is 0.286. The number of nitrogens with zero attached hydrogens (tertiary/aromatic N) is 1. The molecule has 2 rings (SSSR count). The van der Waals surface area contributed by atoms with Gasteiger partial charge in [-0.2, -0.15) is 0 Å². The second-order valence-corrected chi connectivity index (χ2v) is 5.67. The lowest BCUT2D eigenvalue weighted by Gasteiger charge is -2.18. The lowest BCUT2D eigenvalue weighted by Crippen LogP contribution is -2.35. The van der Waals surface area contributed by atoms with Crippen LogP contribution in [-0.2, 0) is 13.0 Å². The molecule has 0 amide bonds. The van der Waals surface area contributed by atoms with Crippen LogP contribution in [0.1, 0.15) is 10.4 Å². The first kappa shape index (κ1) is 14.3.